The molecular weight excluding hydrogens is 633 g/mol. The van der Waals surface area contributed by atoms with Gasteiger partial charge in [-0.25, -0.2) is 4.57 Å². The Balaban J connectivity index is 4.27. The van der Waals surface area contributed by atoms with E-state index in [1.165, 1.54) is 89.9 Å². The summed E-state index contributed by atoms with van der Waals surface area (Å²) < 4.78 is 23.2. The molecule has 0 bridgehead atoms. The molecule has 0 rings (SSSR count). The minimum Gasteiger partial charge on any atom is -0.371 e. The van der Waals surface area contributed by atoms with Crippen molar-refractivity contribution < 1.29 is 32.6 Å². The summed E-state index contributed by atoms with van der Waals surface area (Å²) in [5, 5.41) is 0. The van der Waals surface area contributed by atoms with Crippen LogP contribution in [0.4, 0.5) is 0 Å². The first-order chi connectivity index (χ1) is 23.5. The van der Waals surface area contributed by atoms with Crippen LogP contribution >= 0.6 is 7.82 Å². The molecule has 2 atom stereocenters. The van der Waals surface area contributed by atoms with E-state index in [4.69, 9.17) is 9.05 Å². The number of unbranched alkanes of at least 4 members (excludes halogenated alkanes) is 16. The van der Waals surface area contributed by atoms with Crippen molar-refractivity contribution in [3.8, 4) is 0 Å². The maximum Gasteiger partial charge on any atom is 0.530 e. The number of hydrogen-bond donors (Lipinski definition) is 1. The van der Waals surface area contributed by atoms with E-state index in [0.29, 0.717) is 17.3 Å². The van der Waals surface area contributed by atoms with Crippen molar-refractivity contribution in [3.63, 3.8) is 0 Å². The first kappa shape index (κ1) is 47.2. The second-order valence-corrected chi connectivity index (χ2v) is 15.8. The quantitative estimate of drug-likeness (QED) is 0.0310. The van der Waals surface area contributed by atoms with Crippen molar-refractivity contribution in [2.24, 2.45) is 0 Å². The molecule has 0 aromatic rings. The molecule has 0 aromatic carbocycles. The molecule has 0 fully saturated rings. The number of rotatable bonds is 34. The zero-order valence-electron chi connectivity index (χ0n) is 32.3. The first-order valence-corrected chi connectivity index (χ1v) is 21.2. The molecule has 0 aliphatic heterocycles. The molecule has 0 heterocycles. The second-order valence-electron chi connectivity index (χ2n) is 14.4. The monoisotopic (exact) mass is 709 g/mol. The van der Waals surface area contributed by atoms with E-state index in [1.807, 2.05) is 33.3 Å². The number of carbonyl (C=O) groups is 2. The second kappa shape index (κ2) is 32.1. The van der Waals surface area contributed by atoms with E-state index in [1.54, 1.807) is 0 Å². The zero-order chi connectivity index (χ0) is 36.5. The average molecular weight is 709 g/mol. The maximum atomic E-state index is 13.0. The van der Waals surface area contributed by atoms with Crippen LogP contribution < -0.4 is 0 Å². The van der Waals surface area contributed by atoms with Crippen LogP contribution in [0.1, 0.15) is 168 Å². The van der Waals surface area contributed by atoms with Crippen LogP contribution in [0.2, 0.25) is 0 Å². The van der Waals surface area contributed by atoms with Gasteiger partial charge >= 0.3 is 13.8 Å². The Labute approximate surface area is 301 Å². The lowest BCUT2D eigenvalue weighted by atomic mass is 10.0. The molecule has 0 aliphatic carbocycles. The number of Topliss-reactive ketones (excluding diaryl/α,β-unsaturated/α-hetero) is 1. The number of phosphoric ester groups is 1. The lowest BCUT2D eigenvalue weighted by Gasteiger charge is -2.29. The number of ketones is 1. The van der Waals surface area contributed by atoms with E-state index >= 15 is 0 Å². The largest absolute Gasteiger partial charge is 0.530 e. The summed E-state index contributed by atoms with van der Waals surface area (Å²) in [4.78, 5) is 35.6. The first-order valence-electron chi connectivity index (χ1n) is 19.7. The van der Waals surface area contributed by atoms with Gasteiger partial charge in [0.2, 0.25) is 0 Å². The van der Waals surface area contributed by atoms with Gasteiger partial charge in [0.25, 0.3) is 0 Å². The normalized spacial score (nSPS) is 14.4. The Morgan fingerprint density at radius 2 is 1.00 bits per heavy atom. The average Bonchev–Trinajstić information content (AvgIpc) is 3.03. The number of carbonyl (C=O) groups excluding carboxylic acids is 2. The summed E-state index contributed by atoms with van der Waals surface area (Å²) in [7, 11) is 0.939. The Bertz CT molecular complexity index is 981. The lowest BCUT2D eigenvalue weighted by Crippen LogP contribution is -2.45. The van der Waals surface area contributed by atoms with Crippen molar-refractivity contribution in [1.29, 1.82) is 0 Å². The Kier molecular flexibility index (Phi) is 31.0. The van der Waals surface area contributed by atoms with E-state index in [2.05, 4.69) is 50.3 Å². The third-order valence-electron chi connectivity index (χ3n) is 8.29. The van der Waals surface area contributed by atoms with Gasteiger partial charge in [0, 0.05) is 12.8 Å². The zero-order valence-corrected chi connectivity index (χ0v) is 33.2. The van der Waals surface area contributed by atoms with Crippen LogP contribution in [0.25, 0.3) is 0 Å². The number of quaternary nitrogens is 1. The van der Waals surface area contributed by atoms with Crippen molar-refractivity contribution in [2.45, 2.75) is 174 Å². The van der Waals surface area contributed by atoms with Crippen LogP contribution in [0.5, 0.6) is 0 Å². The molecule has 284 valence electrons. The molecule has 0 aromatic heterocycles. The standard InChI is InChI=1S/C41H74NO6P/c1-6-8-10-12-14-16-18-20-21-22-23-25-27-29-31-33-35-37-41(44)48-49(45,46)47-40(38-42(3,4)5)39(43)36-34-32-30-28-26-24-19-17-15-13-11-9-7-2/h14,16,20-21,23,25,29,31,40H,6-13,15,17-19,22,24,26-28,30,32-38H2,1-5H3/p+1. The number of hydrogen-bond acceptors (Lipinski definition) is 5. The van der Waals surface area contributed by atoms with Gasteiger partial charge in [0.1, 0.15) is 6.54 Å². The van der Waals surface area contributed by atoms with Crippen LogP contribution in [0, 0.1) is 0 Å². The maximum absolute atomic E-state index is 13.0. The Morgan fingerprint density at radius 1 is 0.592 bits per heavy atom. The molecule has 0 saturated carbocycles. The smallest absolute Gasteiger partial charge is 0.371 e. The van der Waals surface area contributed by atoms with Gasteiger partial charge in [0.15, 0.2) is 11.9 Å². The lowest BCUT2D eigenvalue weighted by molar-refractivity contribution is -0.872. The highest BCUT2D eigenvalue weighted by molar-refractivity contribution is 7.48. The molecule has 49 heavy (non-hydrogen) atoms. The molecule has 8 heteroatoms. The molecule has 2 unspecified atom stereocenters. The third-order valence-corrected chi connectivity index (χ3v) is 9.24. The Hall–Kier alpha value is -1.79. The van der Waals surface area contributed by atoms with E-state index < -0.39 is 19.9 Å². The van der Waals surface area contributed by atoms with Gasteiger partial charge in [0.05, 0.1) is 21.1 Å². The minimum absolute atomic E-state index is 0.00115. The summed E-state index contributed by atoms with van der Waals surface area (Å²) in [6, 6.07) is 0. The van der Waals surface area contributed by atoms with Gasteiger partial charge < -0.3 is 9.01 Å². The van der Waals surface area contributed by atoms with Crippen LogP contribution in [-0.2, 0) is 23.2 Å². The van der Waals surface area contributed by atoms with E-state index in [-0.39, 0.29) is 25.2 Å². The predicted molar refractivity (Wildman–Crippen MR) is 207 cm³/mol. The fraction of sp³-hybridized carbons (Fsp3) is 0.756. The molecule has 0 radical (unpaired) electrons. The van der Waals surface area contributed by atoms with Crippen LogP contribution in [0.3, 0.4) is 0 Å². The number of phosphoric acid groups is 1. The van der Waals surface area contributed by atoms with E-state index in [0.717, 1.165) is 38.5 Å². The number of nitrogens with zero attached hydrogens (tertiary/aromatic N) is 1. The van der Waals surface area contributed by atoms with Crippen LogP contribution in [0.15, 0.2) is 48.6 Å². The highest BCUT2D eigenvalue weighted by Gasteiger charge is 2.36. The molecule has 0 amide bonds. The van der Waals surface area contributed by atoms with Crippen molar-refractivity contribution in [2.75, 3.05) is 27.7 Å². The predicted octanol–water partition coefficient (Wildman–Crippen LogP) is 11.9. The molecule has 0 spiro atoms. The fourth-order valence-electron chi connectivity index (χ4n) is 5.45. The number of likely N-dealkylation sites (N-methyl/N-ethyl adjacent to an activating group) is 1. The van der Waals surface area contributed by atoms with Gasteiger partial charge in [-0.3, -0.25) is 19.0 Å². The molecule has 0 saturated heterocycles. The van der Waals surface area contributed by atoms with Crippen molar-refractivity contribution in [1.82, 2.24) is 0 Å². The topological polar surface area (TPSA) is 89.9 Å². The summed E-state index contributed by atoms with van der Waals surface area (Å²) >= 11 is 0. The fourth-order valence-corrected chi connectivity index (χ4v) is 6.35. The summed E-state index contributed by atoms with van der Waals surface area (Å²) in [6.45, 7) is 4.68. The van der Waals surface area contributed by atoms with E-state index in [9.17, 15) is 19.0 Å². The van der Waals surface area contributed by atoms with Gasteiger partial charge in [-0.15, -0.1) is 0 Å². The minimum atomic E-state index is -4.73. The summed E-state index contributed by atoms with van der Waals surface area (Å²) in [6.07, 6.45) is 41.0. The molecule has 7 nitrogen and oxygen atoms in total. The molecular formula is C41H75NO6P+. The summed E-state index contributed by atoms with van der Waals surface area (Å²) in [5.41, 5.74) is 0. The Morgan fingerprint density at radius 3 is 1.47 bits per heavy atom. The van der Waals surface area contributed by atoms with Gasteiger partial charge in [-0.05, 0) is 51.4 Å². The SMILES string of the molecule is CCCCCC=CCC=CCC=CCC=CCCCC(=O)OP(=O)(O)OC(C[N+](C)(C)C)C(=O)CCCCCCCCCCCCCCC. The molecule has 1 N–H and O–H groups in total. The van der Waals surface area contributed by atoms with Crippen molar-refractivity contribution in [3.05, 3.63) is 48.6 Å². The highest BCUT2D eigenvalue weighted by Crippen LogP contribution is 2.45. The van der Waals surface area contributed by atoms with Gasteiger partial charge in [-0.2, -0.15) is 0 Å². The molecule has 0 aliphatic rings. The van der Waals surface area contributed by atoms with Gasteiger partial charge in [-0.1, -0.05) is 152 Å². The van der Waals surface area contributed by atoms with Crippen LogP contribution in [-0.4, -0.2) is 54.9 Å². The third kappa shape index (κ3) is 34.4. The highest BCUT2D eigenvalue weighted by atomic mass is 31.2. The van der Waals surface area contributed by atoms with Crippen molar-refractivity contribution >= 4 is 19.6 Å². The number of allylic oxidation sites excluding steroid dienone is 8. The summed E-state index contributed by atoms with van der Waals surface area (Å²) in [5.74, 6) is -1.02.